The zero-order valence-electron chi connectivity index (χ0n) is 4.50. The lowest BCUT2D eigenvalue weighted by Crippen LogP contribution is -2.04. The second kappa shape index (κ2) is 6.17. The van der Waals surface area contributed by atoms with Crippen molar-refractivity contribution in [3.8, 4) is 0 Å². The molecule has 0 spiro atoms. The average molecular weight is 115 g/mol. The average Bonchev–Trinajstić information content (AvgIpc) is 2.17. The lowest BCUT2D eigenvalue weighted by Gasteiger charge is -1.77. The minimum atomic E-state index is -0.250. The van der Waals surface area contributed by atoms with Crippen LogP contribution < -0.4 is 5.32 Å². The van der Waals surface area contributed by atoms with Crippen LogP contribution in [0.5, 0.6) is 0 Å². The lowest BCUT2D eigenvalue weighted by atomic mass is 10.6. The van der Waals surface area contributed by atoms with Crippen LogP contribution in [0.4, 0.5) is 0 Å². The maximum absolute atomic E-state index is 8.36. The topological polar surface area (TPSA) is 49.3 Å². The fourth-order valence-corrected chi connectivity index (χ4v) is 0.417. The van der Waals surface area contributed by atoms with Crippen LogP contribution in [-0.2, 0) is 4.79 Å². The molecule has 0 radical (unpaired) electrons. The highest BCUT2D eigenvalue weighted by Gasteiger charge is 1.81. The van der Waals surface area contributed by atoms with Crippen LogP contribution in [0.1, 0.15) is 0 Å². The molecule has 0 unspecified atom stereocenters. The van der Waals surface area contributed by atoms with Crippen LogP contribution in [0.3, 0.4) is 0 Å². The van der Waals surface area contributed by atoms with Gasteiger partial charge in [0.1, 0.15) is 0 Å². The molecule has 1 rings (SSSR count). The van der Waals surface area contributed by atoms with Gasteiger partial charge in [-0.2, -0.15) is 0 Å². The van der Waals surface area contributed by atoms with Gasteiger partial charge in [-0.1, -0.05) is 12.2 Å². The Morgan fingerprint density at radius 2 is 1.88 bits per heavy atom. The van der Waals surface area contributed by atoms with Gasteiger partial charge in [-0.25, -0.2) is 0 Å². The molecule has 1 heterocycles. The van der Waals surface area contributed by atoms with Crippen LogP contribution in [0.15, 0.2) is 12.2 Å². The SMILES string of the molecule is C1=CCNC1.O=CO. The Labute approximate surface area is 48.0 Å². The van der Waals surface area contributed by atoms with Gasteiger partial charge in [0.05, 0.1) is 0 Å². The standard InChI is InChI=1S/C4H7N.CH2O2/c1-2-4-5-3-1;2-1-3/h1-2,5H,3-4H2;1H,(H,2,3). The Balaban J connectivity index is 0.000000145. The molecule has 0 fully saturated rings. The van der Waals surface area contributed by atoms with E-state index in [-0.39, 0.29) is 6.47 Å². The van der Waals surface area contributed by atoms with Crippen molar-refractivity contribution in [3.63, 3.8) is 0 Å². The maximum atomic E-state index is 8.36. The highest BCUT2D eigenvalue weighted by molar-refractivity contribution is 5.32. The highest BCUT2D eigenvalue weighted by Crippen LogP contribution is 1.75. The Bertz CT molecular complexity index is 74.5. The largest absolute Gasteiger partial charge is 0.483 e. The third-order valence-corrected chi connectivity index (χ3v) is 0.691. The fourth-order valence-electron chi connectivity index (χ4n) is 0.417. The maximum Gasteiger partial charge on any atom is 0.290 e. The van der Waals surface area contributed by atoms with Gasteiger partial charge in [0.2, 0.25) is 0 Å². The van der Waals surface area contributed by atoms with Gasteiger partial charge in [0.15, 0.2) is 0 Å². The van der Waals surface area contributed by atoms with Gasteiger partial charge >= 0.3 is 0 Å². The molecule has 0 saturated carbocycles. The molecule has 0 aromatic carbocycles. The Kier molecular flexibility index (Phi) is 5.53. The molecule has 0 aromatic heterocycles. The summed E-state index contributed by atoms with van der Waals surface area (Å²) in [5, 5.41) is 10.0. The van der Waals surface area contributed by atoms with Crippen molar-refractivity contribution in [1.29, 1.82) is 0 Å². The number of carbonyl (C=O) groups is 1. The molecular weight excluding hydrogens is 106 g/mol. The zero-order chi connectivity index (χ0) is 6.24. The smallest absolute Gasteiger partial charge is 0.290 e. The minimum absolute atomic E-state index is 0.250. The number of carboxylic acid groups (broad SMARTS) is 1. The van der Waals surface area contributed by atoms with Gasteiger partial charge in [-0.3, -0.25) is 4.79 Å². The first kappa shape index (κ1) is 7.17. The van der Waals surface area contributed by atoms with E-state index in [4.69, 9.17) is 9.90 Å². The molecule has 2 N–H and O–H groups in total. The first-order valence-corrected chi connectivity index (χ1v) is 2.35. The predicted octanol–water partition coefficient (Wildman–Crippen LogP) is -0.153. The van der Waals surface area contributed by atoms with E-state index >= 15 is 0 Å². The van der Waals surface area contributed by atoms with Crippen molar-refractivity contribution in [1.82, 2.24) is 5.32 Å². The Morgan fingerprint density at radius 3 is 2.00 bits per heavy atom. The molecule has 46 valence electrons. The van der Waals surface area contributed by atoms with Crippen molar-refractivity contribution >= 4 is 6.47 Å². The third kappa shape index (κ3) is 5.17. The summed E-state index contributed by atoms with van der Waals surface area (Å²) in [6.45, 7) is 1.89. The number of hydrogen-bond donors (Lipinski definition) is 2. The molecule has 3 heteroatoms. The Morgan fingerprint density at radius 1 is 1.50 bits per heavy atom. The molecule has 0 amide bonds. The highest BCUT2D eigenvalue weighted by atomic mass is 16.3. The van der Waals surface area contributed by atoms with E-state index in [1.165, 1.54) is 0 Å². The van der Waals surface area contributed by atoms with E-state index < -0.39 is 0 Å². The molecule has 8 heavy (non-hydrogen) atoms. The van der Waals surface area contributed by atoms with Crippen molar-refractivity contribution in [3.05, 3.63) is 12.2 Å². The molecule has 0 saturated heterocycles. The summed E-state index contributed by atoms with van der Waals surface area (Å²) in [5.41, 5.74) is 0. The summed E-state index contributed by atoms with van der Waals surface area (Å²) >= 11 is 0. The van der Waals surface area contributed by atoms with Crippen molar-refractivity contribution in [2.45, 2.75) is 0 Å². The van der Waals surface area contributed by atoms with Crippen LogP contribution in [-0.4, -0.2) is 24.7 Å². The summed E-state index contributed by atoms with van der Waals surface area (Å²) < 4.78 is 0. The Hall–Kier alpha value is -0.830. The minimum Gasteiger partial charge on any atom is -0.483 e. The van der Waals surface area contributed by atoms with Crippen LogP contribution in [0, 0.1) is 0 Å². The predicted molar refractivity (Wildman–Crippen MR) is 30.7 cm³/mol. The van der Waals surface area contributed by atoms with Gasteiger partial charge in [0.25, 0.3) is 6.47 Å². The van der Waals surface area contributed by atoms with E-state index in [1.54, 1.807) is 0 Å². The molecule has 0 bridgehead atoms. The van der Waals surface area contributed by atoms with E-state index in [9.17, 15) is 0 Å². The van der Waals surface area contributed by atoms with Crippen molar-refractivity contribution in [2.75, 3.05) is 13.1 Å². The van der Waals surface area contributed by atoms with E-state index in [1.807, 2.05) is 0 Å². The van der Waals surface area contributed by atoms with Gasteiger partial charge in [0, 0.05) is 13.1 Å². The normalized spacial score (nSPS) is 14.5. The van der Waals surface area contributed by atoms with Gasteiger partial charge in [-0.15, -0.1) is 0 Å². The molecule has 0 aliphatic carbocycles. The summed E-state index contributed by atoms with van der Waals surface area (Å²) in [4.78, 5) is 8.36. The van der Waals surface area contributed by atoms with Gasteiger partial charge < -0.3 is 10.4 Å². The van der Waals surface area contributed by atoms with Gasteiger partial charge in [-0.05, 0) is 0 Å². The second-order valence-electron chi connectivity index (χ2n) is 1.24. The number of hydrogen-bond acceptors (Lipinski definition) is 2. The fraction of sp³-hybridized carbons (Fsp3) is 0.400. The lowest BCUT2D eigenvalue weighted by molar-refractivity contribution is -0.122. The van der Waals surface area contributed by atoms with E-state index in [0.717, 1.165) is 13.1 Å². The van der Waals surface area contributed by atoms with E-state index in [0.29, 0.717) is 0 Å². The third-order valence-electron chi connectivity index (χ3n) is 0.691. The molecule has 0 aromatic rings. The second-order valence-corrected chi connectivity index (χ2v) is 1.24. The molecule has 3 nitrogen and oxygen atoms in total. The molecule has 1 aliphatic heterocycles. The molecule has 1 aliphatic rings. The summed E-state index contributed by atoms with van der Waals surface area (Å²) in [6, 6.07) is 0. The van der Waals surface area contributed by atoms with Crippen LogP contribution >= 0.6 is 0 Å². The van der Waals surface area contributed by atoms with Crippen LogP contribution in [0.25, 0.3) is 0 Å². The summed E-state index contributed by atoms with van der Waals surface area (Å²) in [6.07, 6.45) is 4.25. The molecular formula is C5H9NO2. The molecule has 0 atom stereocenters. The van der Waals surface area contributed by atoms with E-state index in [2.05, 4.69) is 17.5 Å². The summed E-state index contributed by atoms with van der Waals surface area (Å²) in [5.74, 6) is 0. The summed E-state index contributed by atoms with van der Waals surface area (Å²) in [7, 11) is 0. The van der Waals surface area contributed by atoms with Crippen LogP contribution in [0.2, 0.25) is 0 Å². The van der Waals surface area contributed by atoms with Crippen molar-refractivity contribution in [2.24, 2.45) is 0 Å². The zero-order valence-corrected chi connectivity index (χ0v) is 4.50. The first-order valence-electron chi connectivity index (χ1n) is 2.35. The first-order chi connectivity index (χ1) is 3.91. The quantitative estimate of drug-likeness (QED) is 0.341. The van der Waals surface area contributed by atoms with Crippen molar-refractivity contribution < 1.29 is 9.90 Å². The number of nitrogens with one attached hydrogen (secondary N) is 1. The monoisotopic (exact) mass is 115 g/mol. The number of rotatable bonds is 0.